The maximum absolute atomic E-state index is 12.1. The van der Waals surface area contributed by atoms with Crippen molar-refractivity contribution in [3.63, 3.8) is 0 Å². The predicted molar refractivity (Wildman–Crippen MR) is 89.8 cm³/mol. The highest BCUT2D eigenvalue weighted by Gasteiger charge is 2.20. The zero-order valence-corrected chi connectivity index (χ0v) is 14.9. The number of morpholine rings is 1. The van der Waals surface area contributed by atoms with Crippen LogP contribution in [0.1, 0.15) is 6.92 Å². The first-order valence-electron chi connectivity index (χ1n) is 7.39. The number of carbonyl (C=O) groups is 2. The van der Waals surface area contributed by atoms with Crippen LogP contribution in [0.3, 0.4) is 0 Å². The third kappa shape index (κ3) is 5.63. The summed E-state index contributed by atoms with van der Waals surface area (Å²) in [5.74, 6) is 0.101. The Kier molecular flexibility index (Phi) is 7.06. The van der Waals surface area contributed by atoms with E-state index >= 15 is 0 Å². The lowest BCUT2D eigenvalue weighted by atomic mass is 10.4. The second-order valence-electron chi connectivity index (χ2n) is 4.94. The summed E-state index contributed by atoms with van der Waals surface area (Å²) in [6.07, 6.45) is 0. The zero-order valence-electron chi connectivity index (χ0n) is 13.3. The molecule has 1 aliphatic heterocycles. The fourth-order valence-electron chi connectivity index (χ4n) is 1.93. The predicted octanol–water partition coefficient (Wildman–Crippen LogP) is 0.379. The Morgan fingerprint density at radius 1 is 1.39 bits per heavy atom. The maximum Gasteiger partial charge on any atom is 0.242 e. The van der Waals surface area contributed by atoms with E-state index in [0.29, 0.717) is 26.3 Å². The van der Waals surface area contributed by atoms with Crippen LogP contribution in [0.25, 0.3) is 0 Å². The SMILES string of the molecule is CCNc1nnc(SCC(=O)N(C)CC(=O)N2CCOCC2)s1. The molecule has 1 saturated heterocycles. The van der Waals surface area contributed by atoms with Crippen LogP contribution in [0.4, 0.5) is 5.13 Å². The minimum Gasteiger partial charge on any atom is -0.378 e. The van der Waals surface area contributed by atoms with Gasteiger partial charge < -0.3 is 19.9 Å². The molecule has 0 aromatic carbocycles. The summed E-state index contributed by atoms with van der Waals surface area (Å²) >= 11 is 2.75. The molecule has 2 amide bonds. The van der Waals surface area contributed by atoms with Crippen LogP contribution in [-0.2, 0) is 14.3 Å². The summed E-state index contributed by atoms with van der Waals surface area (Å²) in [5, 5.41) is 11.8. The Morgan fingerprint density at radius 3 is 2.83 bits per heavy atom. The van der Waals surface area contributed by atoms with Crippen LogP contribution >= 0.6 is 23.1 Å². The molecule has 0 unspecified atom stereocenters. The molecule has 128 valence electrons. The van der Waals surface area contributed by atoms with Crippen LogP contribution in [-0.4, -0.2) is 84.0 Å². The Balaban J connectivity index is 1.74. The van der Waals surface area contributed by atoms with Gasteiger partial charge in [0.25, 0.3) is 0 Å². The molecular weight excluding hydrogens is 338 g/mol. The quantitative estimate of drug-likeness (QED) is 0.704. The van der Waals surface area contributed by atoms with Gasteiger partial charge in [0.1, 0.15) is 0 Å². The number of amides is 2. The van der Waals surface area contributed by atoms with Crippen molar-refractivity contribution in [1.29, 1.82) is 0 Å². The second kappa shape index (κ2) is 9.04. The van der Waals surface area contributed by atoms with Crippen LogP contribution in [0, 0.1) is 0 Å². The zero-order chi connectivity index (χ0) is 16.7. The fourth-order valence-corrected chi connectivity index (χ4v) is 3.69. The molecule has 8 nitrogen and oxygen atoms in total. The Hall–Kier alpha value is -1.39. The first-order valence-corrected chi connectivity index (χ1v) is 9.20. The number of rotatable bonds is 7. The lowest BCUT2D eigenvalue weighted by Crippen LogP contribution is -2.46. The van der Waals surface area contributed by atoms with Crippen molar-refractivity contribution in [2.45, 2.75) is 11.3 Å². The molecule has 1 aliphatic rings. The molecule has 2 rings (SSSR count). The topological polar surface area (TPSA) is 87.7 Å². The number of anilines is 1. The molecule has 0 bridgehead atoms. The highest BCUT2D eigenvalue weighted by atomic mass is 32.2. The number of nitrogens with one attached hydrogen (secondary N) is 1. The summed E-state index contributed by atoms with van der Waals surface area (Å²) in [7, 11) is 1.64. The molecule has 1 fully saturated rings. The van der Waals surface area contributed by atoms with Crippen molar-refractivity contribution in [1.82, 2.24) is 20.0 Å². The van der Waals surface area contributed by atoms with Crippen molar-refractivity contribution in [3.05, 3.63) is 0 Å². The van der Waals surface area contributed by atoms with E-state index < -0.39 is 0 Å². The summed E-state index contributed by atoms with van der Waals surface area (Å²) in [6, 6.07) is 0. The van der Waals surface area contributed by atoms with Gasteiger partial charge in [0.15, 0.2) is 4.34 Å². The first kappa shape index (κ1) is 18.0. The van der Waals surface area contributed by atoms with Gasteiger partial charge in [-0.1, -0.05) is 23.1 Å². The average Bonchev–Trinajstić information content (AvgIpc) is 3.01. The fraction of sp³-hybridized carbons (Fsp3) is 0.692. The minimum atomic E-state index is -0.100. The van der Waals surface area contributed by atoms with E-state index in [2.05, 4.69) is 15.5 Å². The number of likely N-dealkylation sites (N-methyl/N-ethyl adjacent to an activating group) is 1. The second-order valence-corrected chi connectivity index (χ2v) is 7.14. The van der Waals surface area contributed by atoms with Gasteiger partial charge in [-0.15, -0.1) is 10.2 Å². The van der Waals surface area contributed by atoms with Gasteiger partial charge in [-0.2, -0.15) is 0 Å². The standard InChI is InChI=1S/C13H21N5O3S2/c1-3-14-12-15-16-13(23-12)22-9-11(20)17(2)8-10(19)18-4-6-21-7-5-18/h3-9H2,1-2H3,(H,14,15). The average molecular weight is 359 g/mol. The normalized spacial score (nSPS) is 14.6. The smallest absolute Gasteiger partial charge is 0.242 e. The van der Waals surface area contributed by atoms with E-state index in [1.54, 1.807) is 11.9 Å². The van der Waals surface area contributed by atoms with Crippen LogP contribution < -0.4 is 5.32 Å². The van der Waals surface area contributed by atoms with Gasteiger partial charge in [-0.05, 0) is 6.92 Å². The van der Waals surface area contributed by atoms with Crippen LogP contribution in [0.5, 0.6) is 0 Å². The van der Waals surface area contributed by atoms with Crippen molar-refractivity contribution in [3.8, 4) is 0 Å². The highest BCUT2D eigenvalue weighted by Crippen LogP contribution is 2.25. The minimum absolute atomic E-state index is 0.0421. The molecule has 0 aliphatic carbocycles. The largest absolute Gasteiger partial charge is 0.378 e. The molecule has 10 heteroatoms. The first-order chi connectivity index (χ1) is 11.1. The number of ether oxygens (including phenoxy) is 1. The summed E-state index contributed by atoms with van der Waals surface area (Å²) in [4.78, 5) is 27.4. The molecule has 0 spiro atoms. The van der Waals surface area contributed by atoms with Gasteiger partial charge in [-0.3, -0.25) is 9.59 Å². The van der Waals surface area contributed by atoms with Gasteiger partial charge in [0.05, 0.1) is 25.5 Å². The van der Waals surface area contributed by atoms with E-state index in [1.165, 1.54) is 28.0 Å². The third-order valence-electron chi connectivity index (χ3n) is 3.22. The van der Waals surface area contributed by atoms with Crippen LogP contribution in [0.15, 0.2) is 4.34 Å². The number of hydrogen-bond acceptors (Lipinski definition) is 8. The Bertz CT molecular complexity index is 533. The van der Waals surface area contributed by atoms with Crippen LogP contribution in [0.2, 0.25) is 0 Å². The van der Waals surface area contributed by atoms with E-state index in [9.17, 15) is 9.59 Å². The van der Waals surface area contributed by atoms with Gasteiger partial charge >= 0.3 is 0 Å². The molecular formula is C13H21N5O3S2. The molecule has 1 aromatic rings. The maximum atomic E-state index is 12.1. The number of hydrogen-bond donors (Lipinski definition) is 1. The van der Waals surface area contributed by atoms with Gasteiger partial charge in [-0.25, -0.2) is 0 Å². The Labute approximate surface area is 143 Å². The summed E-state index contributed by atoms with van der Waals surface area (Å²) in [6.45, 7) is 5.16. The lowest BCUT2D eigenvalue weighted by molar-refractivity contribution is -0.140. The summed E-state index contributed by atoms with van der Waals surface area (Å²) in [5.41, 5.74) is 0. The van der Waals surface area contributed by atoms with Crippen molar-refractivity contribution >= 4 is 40.0 Å². The van der Waals surface area contributed by atoms with E-state index in [-0.39, 0.29) is 24.1 Å². The molecule has 2 heterocycles. The molecule has 0 radical (unpaired) electrons. The molecule has 1 N–H and O–H groups in total. The van der Waals surface area contributed by atoms with Crippen molar-refractivity contribution < 1.29 is 14.3 Å². The molecule has 0 saturated carbocycles. The number of thioether (sulfide) groups is 1. The number of aromatic nitrogens is 2. The third-order valence-corrected chi connectivity index (χ3v) is 5.21. The van der Waals surface area contributed by atoms with E-state index in [4.69, 9.17) is 4.74 Å². The van der Waals surface area contributed by atoms with E-state index in [1.807, 2.05) is 6.92 Å². The Morgan fingerprint density at radius 2 is 2.13 bits per heavy atom. The number of carbonyl (C=O) groups excluding carboxylic acids is 2. The molecule has 1 aromatic heterocycles. The molecule has 23 heavy (non-hydrogen) atoms. The highest BCUT2D eigenvalue weighted by molar-refractivity contribution is 8.01. The van der Waals surface area contributed by atoms with Gasteiger partial charge in [0, 0.05) is 26.7 Å². The summed E-state index contributed by atoms with van der Waals surface area (Å²) < 4.78 is 5.95. The molecule has 0 atom stereocenters. The van der Waals surface area contributed by atoms with Crippen molar-refractivity contribution in [2.24, 2.45) is 0 Å². The van der Waals surface area contributed by atoms with Crippen molar-refractivity contribution in [2.75, 3.05) is 57.5 Å². The lowest BCUT2D eigenvalue weighted by Gasteiger charge is -2.28. The monoisotopic (exact) mass is 359 g/mol. The number of nitrogens with zero attached hydrogens (tertiary/aromatic N) is 4. The van der Waals surface area contributed by atoms with Gasteiger partial charge in [0.2, 0.25) is 16.9 Å². The van der Waals surface area contributed by atoms with E-state index in [0.717, 1.165) is 16.0 Å².